The maximum absolute atomic E-state index is 12.0. The summed E-state index contributed by atoms with van der Waals surface area (Å²) in [6.07, 6.45) is 2.02. The largest absolute Gasteiger partial charge is 0.497 e. The maximum Gasteiger partial charge on any atom is 0.221 e. The molecule has 2 N–H and O–H groups in total. The molecule has 1 aromatic carbocycles. The van der Waals surface area contributed by atoms with Gasteiger partial charge in [0, 0.05) is 13.0 Å². The van der Waals surface area contributed by atoms with E-state index in [1.54, 1.807) is 31.4 Å². The molecule has 0 bridgehead atoms. The minimum atomic E-state index is -3.43. The maximum atomic E-state index is 12.0. The smallest absolute Gasteiger partial charge is 0.221 e. The lowest BCUT2D eigenvalue weighted by Gasteiger charge is -2.18. The highest BCUT2D eigenvalue weighted by Crippen LogP contribution is 2.21. The summed E-state index contributed by atoms with van der Waals surface area (Å²) >= 11 is 0. The second-order valence-corrected chi connectivity index (χ2v) is 7.73. The summed E-state index contributed by atoms with van der Waals surface area (Å²) in [5.41, 5.74) is 0.718. The average molecular weight is 342 g/mol. The van der Waals surface area contributed by atoms with Crippen LogP contribution in [0.4, 0.5) is 0 Å². The monoisotopic (exact) mass is 342 g/mol. The molecular formula is C16H26N2O4S. The molecule has 1 rings (SSSR count). The number of carbonyl (C=O) groups is 1. The predicted octanol–water partition coefficient (Wildman–Crippen LogP) is 1.84. The van der Waals surface area contributed by atoms with Crippen molar-refractivity contribution in [2.45, 2.75) is 32.7 Å². The number of hydrogen-bond acceptors (Lipinski definition) is 4. The van der Waals surface area contributed by atoms with Crippen molar-refractivity contribution in [1.82, 2.24) is 10.0 Å². The fourth-order valence-electron chi connectivity index (χ4n) is 2.08. The summed E-state index contributed by atoms with van der Waals surface area (Å²) in [6, 6.07) is 6.38. The van der Waals surface area contributed by atoms with E-state index in [4.69, 9.17) is 4.74 Å². The molecule has 130 valence electrons. The third kappa shape index (κ3) is 7.99. The Kier molecular flexibility index (Phi) is 7.51. The molecule has 0 saturated carbocycles. The fourth-order valence-corrected chi connectivity index (χ4v) is 2.82. The minimum Gasteiger partial charge on any atom is -0.497 e. The van der Waals surface area contributed by atoms with Gasteiger partial charge in [-0.2, -0.15) is 0 Å². The van der Waals surface area contributed by atoms with Crippen LogP contribution >= 0.6 is 0 Å². The second kappa shape index (κ2) is 8.88. The average Bonchev–Trinajstić information content (AvgIpc) is 2.45. The Balaban J connectivity index is 2.77. The summed E-state index contributed by atoms with van der Waals surface area (Å²) in [7, 11) is -1.87. The van der Waals surface area contributed by atoms with Crippen LogP contribution < -0.4 is 14.8 Å². The number of benzene rings is 1. The van der Waals surface area contributed by atoms with Crippen LogP contribution in [0.1, 0.15) is 38.3 Å². The first kappa shape index (κ1) is 19.4. The zero-order valence-electron chi connectivity index (χ0n) is 14.1. The molecular weight excluding hydrogens is 316 g/mol. The van der Waals surface area contributed by atoms with Crippen LogP contribution in [0.25, 0.3) is 0 Å². The molecule has 23 heavy (non-hydrogen) atoms. The van der Waals surface area contributed by atoms with Gasteiger partial charge in [0.25, 0.3) is 0 Å². The standard InChI is InChI=1S/C16H26N2O4S/c1-12(2)9-10-17-16(19)11-15(18-23(4,20)21)13-5-7-14(22-3)8-6-13/h5-8,12,15,18H,9-11H2,1-4H3,(H,17,19). The Labute approximate surface area is 138 Å². The number of sulfonamides is 1. The van der Waals surface area contributed by atoms with Gasteiger partial charge in [0.05, 0.1) is 19.4 Å². The normalized spacial score (nSPS) is 12.9. The minimum absolute atomic E-state index is 0.0531. The zero-order chi connectivity index (χ0) is 17.5. The van der Waals surface area contributed by atoms with Crippen molar-refractivity contribution in [3.63, 3.8) is 0 Å². The van der Waals surface area contributed by atoms with Gasteiger partial charge in [0.2, 0.25) is 15.9 Å². The van der Waals surface area contributed by atoms with E-state index >= 15 is 0 Å². The predicted molar refractivity (Wildman–Crippen MR) is 90.8 cm³/mol. The van der Waals surface area contributed by atoms with Gasteiger partial charge in [-0.25, -0.2) is 13.1 Å². The fraction of sp³-hybridized carbons (Fsp3) is 0.562. The van der Waals surface area contributed by atoms with Crippen LogP contribution in [-0.4, -0.2) is 34.2 Å². The van der Waals surface area contributed by atoms with E-state index in [0.717, 1.165) is 18.2 Å². The molecule has 0 fully saturated rings. The van der Waals surface area contributed by atoms with E-state index in [0.29, 0.717) is 18.2 Å². The lowest BCUT2D eigenvalue weighted by molar-refractivity contribution is -0.121. The zero-order valence-corrected chi connectivity index (χ0v) is 14.9. The molecule has 0 radical (unpaired) electrons. The van der Waals surface area contributed by atoms with Gasteiger partial charge in [0.15, 0.2) is 0 Å². The van der Waals surface area contributed by atoms with Crippen LogP contribution in [-0.2, 0) is 14.8 Å². The Hall–Kier alpha value is -1.60. The van der Waals surface area contributed by atoms with Crippen molar-refractivity contribution < 1.29 is 17.9 Å². The van der Waals surface area contributed by atoms with E-state index in [-0.39, 0.29) is 12.3 Å². The van der Waals surface area contributed by atoms with Crippen molar-refractivity contribution in [1.29, 1.82) is 0 Å². The third-order valence-corrected chi connectivity index (χ3v) is 4.02. The molecule has 7 heteroatoms. The number of ether oxygens (including phenoxy) is 1. The summed E-state index contributed by atoms with van der Waals surface area (Å²) in [5, 5.41) is 2.82. The van der Waals surface area contributed by atoms with Crippen LogP contribution in [0.2, 0.25) is 0 Å². The van der Waals surface area contributed by atoms with E-state index in [2.05, 4.69) is 23.9 Å². The molecule has 0 saturated heterocycles. The van der Waals surface area contributed by atoms with Gasteiger partial charge in [0.1, 0.15) is 5.75 Å². The highest BCUT2D eigenvalue weighted by atomic mass is 32.2. The molecule has 1 amide bonds. The highest BCUT2D eigenvalue weighted by molar-refractivity contribution is 7.88. The molecule has 0 aliphatic rings. The molecule has 0 aromatic heterocycles. The van der Waals surface area contributed by atoms with Gasteiger partial charge in [-0.05, 0) is 30.0 Å². The van der Waals surface area contributed by atoms with Crippen molar-refractivity contribution in [2.24, 2.45) is 5.92 Å². The Morgan fingerprint density at radius 3 is 2.30 bits per heavy atom. The van der Waals surface area contributed by atoms with Crippen LogP contribution in [0.15, 0.2) is 24.3 Å². The van der Waals surface area contributed by atoms with Crippen molar-refractivity contribution in [3.8, 4) is 5.75 Å². The van der Waals surface area contributed by atoms with Gasteiger partial charge < -0.3 is 10.1 Å². The van der Waals surface area contributed by atoms with Crippen molar-refractivity contribution in [2.75, 3.05) is 19.9 Å². The highest BCUT2D eigenvalue weighted by Gasteiger charge is 2.19. The quantitative estimate of drug-likeness (QED) is 0.717. The Morgan fingerprint density at radius 1 is 1.22 bits per heavy atom. The first-order chi connectivity index (χ1) is 10.7. The molecule has 0 spiro atoms. The topological polar surface area (TPSA) is 84.5 Å². The number of methoxy groups -OCH3 is 1. The first-order valence-electron chi connectivity index (χ1n) is 7.59. The molecule has 1 aromatic rings. The van der Waals surface area contributed by atoms with Crippen LogP contribution in [0.5, 0.6) is 5.75 Å². The third-order valence-electron chi connectivity index (χ3n) is 3.31. The molecule has 0 aliphatic carbocycles. The molecule has 0 aliphatic heterocycles. The Morgan fingerprint density at radius 2 is 1.83 bits per heavy atom. The number of hydrogen-bond donors (Lipinski definition) is 2. The van der Waals surface area contributed by atoms with E-state index in [9.17, 15) is 13.2 Å². The van der Waals surface area contributed by atoms with Crippen molar-refractivity contribution in [3.05, 3.63) is 29.8 Å². The number of rotatable bonds is 9. The van der Waals surface area contributed by atoms with E-state index < -0.39 is 16.1 Å². The number of amides is 1. The summed E-state index contributed by atoms with van der Waals surface area (Å²) < 4.78 is 30.7. The second-order valence-electron chi connectivity index (χ2n) is 5.95. The van der Waals surface area contributed by atoms with Gasteiger partial charge >= 0.3 is 0 Å². The lowest BCUT2D eigenvalue weighted by atomic mass is 10.0. The van der Waals surface area contributed by atoms with E-state index in [1.807, 2.05) is 0 Å². The van der Waals surface area contributed by atoms with E-state index in [1.165, 1.54) is 0 Å². The number of nitrogens with one attached hydrogen (secondary N) is 2. The van der Waals surface area contributed by atoms with Gasteiger partial charge in [-0.3, -0.25) is 4.79 Å². The van der Waals surface area contributed by atoms with Gasteiger partial charge in [-0.15, -0.1) is 0 Å². The van der Waals surface area contributed by atoms with Crippen molar-refractivity contribution >= 4 is 15.9 Å². The Bertz CT molecular complexity index is 597. The molecule has 1 unspecified atom stereocenters. The summed E-state index contributed by atoms with van der Waals surface area (Å²) in [5.74, 6) is 0.998. The van der Waals surface area contributed by atoms with Crippen LogP contribution in [0, 0.1) is 5.92 Å². The SMILES string of the molecule is COc1ccc(C(CC(=O)NCCC(C)C)NS(C)(=O)=O)cc1. The van der Waals surface area contributed by atoms with Gasteiger partial charge in [-0.1, -0.05) is 26.0 Å². The summed E-state index contributed by atoms with van der Waals surface area (Å²) in [6.45, 7) is 4.75. The summed E-state index contributed by atoms with van der Waals surface area (Å²) in [4.78, 5) is 12.0. The van der Waals surface area contributed by atoms with Crippen LogP contribution in [0.3, 0.4) is 0 Å². The first-order valence-corrected chi connectivity index (χ1v) is 9.48. The molecule has 6 nitrogen and oxygen atoms in total. The molecule has 0 heterocycles. The molecule has 1 atom stereocenters. The lowest BCUT2D eigenvalue weighted by Crippen LogP contribution is -2.33. The number of carbonyl (C=O) groups excluding carboxylic acids is 1.